The molecule has 1 saturated heterocycles. The Morgan fingerprint density at radius 1 is 1.00 bits per heavy atom. The second-order valence-electron chi connectivity index (χ2n) is 7.05. The monoisotopic (exact) mass is 405 g/mol. The van der Waals surface area contributed by atoms with Gasteiger partial charge >= 0.3 is 0 Å². The summed E-state index contributed by atoms with van der Waals surface area (Å²) in [5.41, 5.74) is 5.23. The summed E-state index contributed by atoms with van der Waals surface area (Å²) in [5.74, 6) is -1.80. The van der Waals surface area contributed by atoms with E-state index in [0.717, 1.165) is 5.56 Å². The van der Waals surface area contributed by atoms with Gasteiger partial charge in [-0.15, -0.1) is 0 Å². The van der Waals surface area contributed by atoms with Crippen molar-refractivity contribution in [3.63, 3.8) is 0 Å². The maximum Gasteiger partial charge on any atom is 0.290 e. The standard InChI is InChI=1S/C21H19N5O4/c27-17-10-14(12-26(17)11-13-6-2-1-3-7-13)19(28)23-25-21(30)18-15-8-4-5-9-16(15)20(29)24-22-18/h1-9,14H,10-12H2,(H,23,28)(H,24,29)(H,25,30)/t14-/m0/s1. The van der Waals surface area contributed by atoms with Gasteiger partial charge in [0.05, 0.1) is 11.3 Å². The molecule has 152 valence electrons. The number of hydrogen-bond donors (Lipinski definition) is 3. The summed E-state index contributed by atoms with van der Waals surface area (Å²) in [5, 5.41) is 6.75. The number of carbonyl (C=O) groups is 3. The predicted molar refractivity (Wildman–Crippen MR) is 108 cm³/mol. The van der Waals surface area contributed by atoms with Gasteiger partial charge in [-0.1, -0.05) is 48.5 Å². The molecule has 2 aromatic carbocycles. The van der Waals surface area contributed by atoms with Crippen LogP contribution in [0.15, 0.2) is 59.4 Å². The van der Waals surface area contributed by atoms with E-state index in [1.54, 1.807) is 29.2 Å². The van der Waals surface area contributed by atoms with Crippen molar-refractivity contribution < 1.29 is 14.4 Å². The fourth-order valence-corrected chi connectivity index (χ4v) is 3.47. The molecule has 1 aliphatic rings. The highest BCUT2D eigenvalue weighted by atomic mass is 16.2. The van der Waals surface area contributed by atoms with Crippen molar-refractivity contribution in [2.24, 2.45) is 5.92 Å². The van der Waals surface area contributed by atoms with Gasteiger partial charge in [0.15, 0.2) is 5.69 Å². The highest BCUT2D eigenvalue weighted by molar-refractivity contribution is 6.05. The van der Waals surface area contributed by atoms with E-state index in [1.807, 2.05) is 30.3 Å². The van der Waals surface area contributed by atoms with Crippen molar-refractivity contribution in [1.82, 2.24) is 25.9 Å². The highest BCUT2D eigenvalue weighted by Crippen LogP contribution is 2.20. The van der Waals surface area contributed by atoms with Crippen LogP contribution < -0.4 is 16.4 Å². The van der Waals surface area contributed by atoms with Crippen molar-refractivity contribution in [1.29, 1.82) is 0 Å². The smallest absolute Gasteiger partial charge is 0.290 e. The molecule has 3 aromatic rings. The second-order valence-corrected chi connectivity index (χ2v) is 7.05. The van der Waals surface area contributed by atoms with Crippen LogP contribution in [0.3, 0.4) is 0 Å². The number of benzene rings is 2. The van der Waals surface area contributed by atoms with E-state index in [-0.39, 0.29) is 24.6 Å². The molecule has 2 heterocycles. The number of aromatic nitrogens is 2. The van der Waals surface area contributed by atoms with E-state index >= 15 is 0 Å². The second kappa shape index (κ2) is 8.16. The average Bonchev–Trinajstić information content (AvgIpc) is 3.13. The number of aromatic amines is 1. The fourth-order valence-electron chi connectivity index (χ4n) is 3.47. The first-order valence-corrected chi connectivity index (χ1v) is 9.42. The van der Waals surface area contributed by atoms with Crippen LogP contribution in [0.2, 0.25) is 0 Å². The lowest BCUT2D eigenvalue weighted by Crippen LogP contribution is -2.45. The third-order valence-corrected chi connectivity index (χ3v) is 5.01. The molecule has 1 aliphatic heterocycles. The number of amides is 3. The first-order valence-electron chi connectivity index (χ1n) is 9.42. The number of fused-ring (bicyclic) bond motifs is 1. The van der Waals surface area contributed by atoms with Crippen LogP contribution >= 0.6 is 0 Å². The number of nitrogens with zero attached hydrogens (tertiary/aromatic N) is 2. The van der Waals surface area contributed by atoms with E-state index in [0.29, 0.717) is 17.3 Å². The summed E-state index contributed by atoms with van der Waals surface area (Å²) in [6.45, 7) is 0.707. The number of carbonyl (C=O) groups excluding carboxylic acids is 3. The summed E-state index contributed by atoms with van der Waals surface area (Å²) in [6.07, 6.45) is 0.0778. The molecule has 0 bridgehead atoms. The summed E-state index contributed by atoms with van der Waals surface area (Å²) in [6, 6.07) is 16.1. The molecule has 1 fully saturated rings. The van der Waals surface area contributed by atoms with Gasteiger partial charge in [-0.05, 0) is 11.6 Å². The topological polar surface area (TPSA) is 124 Å². The molecule has 0 saturated carbocycles. The Labute approximate surface area is 171 Å². The molecule has 1 aromatic heterocycles. The molecule has 9 heteroatoms. The summed E-state index contributed by atoms with van der Waals surface area (Å²) >= 11 is 0. The maximum atomic E-state index is 12.5. The SMILES string of the molecule is O=C(NNC(=O)[C@H]1CC(=O)N(Cc2ccccc2)C1)c1n[nH]c(=O)c2ccccc12. The number of likely N-dealkylation sites (tertiary alicyclic amines) is 1. The fraction of sp³-hybridized carbons (Fsp3) is 0.190. The zero-order valence-electron chi connectivity index (χ0n) is 15.9. The van der Waals surface area contributed by atoms with Crippen LogP contribution in [-0.4, -0.2) is 39.4 Å². The Kier molecular flexibility index (Phi) is 5.25. The minimum Gasteiger partial charge on any atom is -0.338 e. The molecule has 0 spiro atoms. The highest BCUT2D eigenvalue weighted by Gasteiger charge is 2.34. The van der Waals surface area contributed by atoms with Crippen molar-refractivity contribution in [3.8, 4) is 0 Å². The van der Waals surface area contributed by atoms with Gasteiger partial charge in [0.2, 0.25) is 11.8 Å². The van der Waals surface area contributed by atoms with Crippen LogP contribution in [0, 0.1) is 5.92 Å². The summed E-state index contributed by atoms with van der Waals surface area (Å²) < 4.78 is 0. The Bertz CT molecular complexity index is 1170. The lowest BCUT2D eigenvalue weighted by Gasteiger charge is -2.16. The van der Waals surface area contributed by atoms with Gasteiger partial charge in [0.1, 0.15) is 0 Å². The van der Waals surface area contributed by atoms with Crippen molar-refractivity contribution in [2.45, 2.75) is 13.0 Å². The Balaban J connectivity index is 1.38. The number of H-pyrrole nitrogens is 1. The largest absolute Gasteiger partial charge is 0.338 e. The third kappa shape index (κ3) is 3.90. The van der Waals surface area contributed by atoms with E-state index in [9.17, 15) is 19.2 Å². The van der Waals surface area contributed by atoms with E-state index < -0.39 is 23.3 Å². The quantitative estimate of drug-likeness (QED) is 0.552. The Morgan fingerprint density at radius 2 is 1.70 bits per heavy atom. The van der Waals surface area contributed by atoms with Gasteiger partial charge in [-0.2, -0.15) is 5.10 Å². The van der Waals surface area contributed by atoms with Crippen LogP contribution in [0.25, 0.3) is 10.8 Å². The first-order chi connectivity index (χ1) is 14.5. The predicted octanol–water partition coefficient (Wildman–Crippen LogP) is 0.733. The average molecular weight is 405 g/mol. The number of rotatable bonds is 4. The van der Waals surface area contributed by atoms with E-state index in [1.165, 1.54) is 0 Å². The van der Waals surface area contributed by atoms with Gasteiger partial charge in [-0.3, -0.25) is 30.0 Å². The zero-order chi connectivity index (χ0) is 21.1. The molecule has 1 atom stereocenters. The van der Waals surface area contributed by atoms with Crippen molar-refractivity contribution in [2.75, 3.05) is 6.54 Å². The lowest BCUT2D eigenvalue weighted by molar-refractivity contribution is -0.129. The van der Waals surface area contributed by atoms with Gasteiger partial charge in [0, 0.05) is 24.9 Å². The normalized spacial score (nSPS) is 15.9. The number of hydrazine groups is 1. The molecule has 0 unspecified atom stereocenters. The molecule has 3 amide bonds. The molecule has 9 nitrogen and oxygen atoms in total. The van der Waals surface area contributed by atoms with Gasteiger partial charge in [-0.25, -0.2) is 5.10 Å². The van der Waals surface area contributed by atoms with Crippen molar-refractivity contribution in [3.05, 3.63) is 76.2 Å². The lowest BCUT2D eigenvalue weighted by atomic mass is 10.1. The van der Waals surface area contributed by atoms with Crippen LogP contribution in [0.4, 0.5) is 0 Å². The van der Waals surface area contributed by atoms with Crippen LogP contribution in [0.5, 0.6) is 0 Å². The van der Waals surface area contributed by atoms with Gasteiger partial charge < -0.3 is 4.90 Å². The number of hydrogen-bond acceptors (Lipinski definition) is 5. The molecule has 4 rings (SSSR count). The number of nitrogens with one attached hydrogen (secondary N) is 3. The molecular formula is C21H19N5O4. The third-order valence-electron chi connectivity index (χ3n) is 5.01. The van der Waals surface area contributed by atoms with Crippen molar-refractivity contribution >= 4 is 28.5 Å². The molecular weight excluding hydrogens is 386 g/mol. The molecule has 3 N–H and O–H groups in total. The van der Waals surface area contributed by atoms with Gasteiger partial charge in [0.25, 0.3) is 11.5 Å². The minimum atomic E-state index is -0.665. The van der Waals surface area contributed by atoms with E-state index in [4.69, 9.17) is 0 Å². The summed E-state index contributed by atoms with van der Waals surface area (Å²) in [7, 11) is 0. The first kappa shape index (κ1) is 19.3. The molecule has 0 radical (unpaired) electrons. The summed E-state index contributed by atoms with van der Waals surface area (Å²) in [4.78, 5) is 50.6. The van der Waals surface area contributed by atoms with Crippen LogP contribution in [-0.2, 0) is 16.1 Å². The maximum absolute atomic E-state index is 12.5. The Morgan fingerprint density at radius 3 is 2.47 bits per heavy atom. The Hall–Kier alpha value is -4.01. The minimum absolute atomic E-state index is 0.0151. The zero-order valence-corrected chi connectivity index (χ0v) is 15.9. The molecule has 30 heavy (non-hydrogen) atoms. The molecule has 0 aliphatic carbocycles. The van der Waals surface area contributed by atoms with E-state index in [2.05, 4.69) is 21.0 Å². The van der Waals surface area contributed by atoms with Crippen LogP contribution in [0.1, 0.15) is 22.5 Å².